The summed E-state index contributed by atoms with van der Waals surface area (Å²) in [5.41, 5.74) is 0. The van der Waals surface area contributed by atoms with Gasteiger partial charge in [-0.15, -0.1) is 0 Å². The minimum atomic E-state index is -0.260. The van der Waals surface area contributed by atoms with Gasteiger partial charge in [0.15, 0.2) is 15.5 Å². The molecule has 4 heteroatoms. The monoisotopic (exact) mass is 511 g/mol. The summed E-state index contributed by atoms with van der Waals surface area (Å²) in [6.07, 6.45) is 0. The lowest BCUT2D eigenvalue weighted by Gasteiger charge is -2.13. The third kappa shape index (κ3) is 5.14. The summed E-state index contributed by atoms with van der Waals surface area (Å²) in [5, 5.41) is 0. The first-order valence-corrected chi connectivity index (χ1v) is 11.6. The second-order valence-corrected chi connectivity index (χ2v) is 9.48. The van der Waals surface area contributed by atoms with Crippen LogP contribution in [0.25, 0.3) is 0 Å². The van der Waals surface area contributed by atoms with Gasteiger partial charge in [0.05, 0.1) is 0 Å². The van der Waals surface area contributed by atoms with Gasteiger partial charge < -0.3 is 9.47 Å². The molecule has 0 saturated heterocycles. The zero-order chi connectivity index (χ0) is 19.9. The normalized spacial score (nSPS) is 10.7. The van der Waals surface area contributed by atoms with E-state index in [0.717, 1.165) is 20.0 Å². The summed E-state index contributed by atoms with van der Waals surface area (Å²) in [7, 11) is -0.260. The van der Waals surface area contributed by atoms with Crippen molar-refractivity contribution in [3.63, 3.8) is 0 Å². The van der Waals surface area contributed by atoms with Crippen LogP contribution in [0.4, 0.5) is 0 Å². The van der Waals surface area contributed by atoms with Gasteiger partial charge in [0.1, 0.15) is 16.6 Å². The van der Waals surface area contributed by atoms with E-state index in [0.29, 0.717) is 0 Å². The van der Waals surface area contributed by atoms with Crippen LogP contribution in [0.15, 0.2) is 124 Å². The molecule has 29 heavy (non-hydrogen) atoms. The largest absolute Gasteiger partial charge is 0.457 e. The summed E-state index contributed by atoms with van der Waals surface area (Å²) in [6.45, 7) is 0.165. The van der Waals surface area contributed by atoms with E-state index in [1.807, 2.05) is 48.5 Å². The molecule has 0 fully saturated rings. The van der Waals surface area contributed by atoms with Gasteiger partial charge in [-0.2, -0.15) is 0 Å². The quantitative estimate of drug-likeness (QED) is 0.154. The zero-order valence-corrected chi connectivity index (χ0v) is 18.7. The summed E-state index contributed by atoms with van der Waals surface area (Å²) < 4.78 is 13.0. The van der Waals surface area contributed by atoms with Crippen molar-refractivity contribution in [1.82, 2.24) is 0 Å². The van der Waals surface area contributed by atoms with Crippen LogP contribution < -0.4 is 9.47 Å². The molecule has 4 aromatic carbocycles. The number of hydrogen-bond donors (Lipinski definition) is 0. The van der Waals surface area contributed by atoms with Gasteiger partial charge in [-0.1, -0.05) is 54.6 Å². The molecule has 0 N–H and O–H groups in total. The third-order valence-electron chi connectivity index (χ3n) is 4.26. The molecule has 0 amide bonds. The van der Waals surface area contributed by atoms with Crippen LogP contribution in [0.1, 0.15) is 0 Å². The van der Waals surface area contributed by atoms with Gasteiger partial charge in [-0.25, -0.2) is 0 Å². The molecule has 0 unspecified atom stereocenters. The topological polar surface area (TPSA) is 18.5 Å². The smallest absolute Gasteiger partial charge is 0.231 e. The Morgan fingerprint density at radius 1 is 0.621 bits per heavy atom. The second-order valence-electron chi connectivity index (χ2n) is 6.24. The van der Waals surface area contributed by atoms with E-state index in [-0.39, 0.29) is 17.7 Å². The maximum atomic E-state index is 6.09. The standard InChI is InChI=1S/C25H20IO2S/c26-20-10-9-11-21(18-20)27-19-28-24-16-7-8-17-25(24)29(22-12-3-1-4-13-22)23-14-5-2-6-15-23/h1-18H,19H2/q+1. The number of halogens is 1. The minimum absolute atomic E-state index is 0.165. The molecule has 0 aromatic heterocycles. The first kappa shape index (κ1) is 19.9. The predicted octanol–water partition coefficient (Wildman–Crippen LogP) is 6.80. The Bertz CT molecular complexity index is 1010. The molecule has 4 aromatic rings. The van der Waals surface area contributed by atoms with Crippen molar-refractivity contribution in [2.45, 2.75) is 14.7 Å². The molecule has 0 aliphatic carbocycles. The number of rotatable bonds is 7. The first-order chi connectivity index (χ1) is 14.3. The van der Waals surface area contributed by atoms with Crippen LogP contribution in [-0.2, 0) is 10.9 Å². The van der Waals surface area contributed by atoms with Gasteiger partial charge in [-0.3, -0.25) is 0 Å². The fourth-order valence-electron chi connectivity index (χ4n) is 2.96. The highest BCUT2D eigenvalue weighted by molar-refractivity contribution is 14.1. The highest BCUT2D eigenvalue weighted by Crippen LogP contribution is 2.36. The van der Waals surface area contributed by atoms with Gasteiger partial charge in [0, 0.05) is 3.57 Å². The van der Waals surface area contributed by atoms with E-state index >= 15 is 0 Å². The lowest BCUT2D eigenvalue weighted by atomic mass is 10.3. The molecule has 0 atom stereocenters. The van der Waals surface area contributed by atoms with E-state index in [1.54, 1.807) is 0 Å². The van der Waals surface area contributed by atoms with Gasteiger partial charge in [-0.05, 0) is 77.2 Å². The molecule has 2 nitrogen and oxygen atoms in total. The SMILES string of the molecule is Ic1cccc(OCOc2ccccc2[S+](c2ccccc2)c2ccccc2)c1. The second kappa shape index (κ2) is 9.85. The van der Waals surface area contributed by atoms with Crippen LogP contribution in [0.2, 0.25) is 0 Å². The summed E-state index contributed by atoms with van der Waals surface area (Å²) in [5.74, 6) is 1.65. The van der Waals surface area contributed by atoms with Gasteiger partial charge in [0.2, 0.25) is 11.7 Å². The Balaban J connectivity index is 1.62. The number of hydrogen-bond acceptors (Lipinski definition) is 2. The molecule has 0 aliphatic rings. The Morgan fingerprint density at radius 3 is 1.90 bits per heavy atom. The average Bonchev–Trinajstić information content (AvgIpc) is 2.77. The number of benzene rings is 4. The number of para-hydroxylation sites is 1. The zero-order valence-electron chi connectivity index (χ0n) is 15.7. The fraction of sp³-hybridized carbons (Fsp3) is 0.0400. The van der Waals surface area contributed by atoms with E-state index in [1.165, 1.54) is 9.79 Å². The Hall–Kier alpha value is -2.44. The van der Waals surface area contributed by atoms with Crippen molar-refractivity contribution in [2.75, 3.05) is 6.79 Å². The maximum Gasteiger partial charge on any atom is 0.231 e. The summed E-state index contributed by atoms with van der Waals surface area (Å²) >= 11 is 2.28. The lowest BCUT2D eigenvalue weighted by Crippen LogP contribution is -2.11. The Kier molecular flexibility index (Phi) is 6.75. The van der Waals surface area contributed by atoms with Crippen LogP contribution >= 0.6 is 22.6 Å². The van der Waals surface area contributed by atoms with Crippen LogP contribution in [0.3, 0.4) is 0 Å². The highest BCUT2D eigenvalue weighted by atomic mass is 127. The average molecular weight is 511 g/mol. The van der Waals surface area contributed by atoms with E-state index in [4.69, 9.17) is 9.47 Å². The van der Waals surface area contributed by atoms with Crippen molar-refractivity contribution in [2.24, 2.45) is 0 Å². The van der Waals surface area contributed by atoms with E-state index in [2.05, 4.69) is 83.3 Å². The van der Waals surface area contributed by atoms with Crippen molar-refractivity contribution < 1.29 is 9.47 Å². The molecule has 0 heterocycles. The summed E-state index contributed by atoms with van der Waals surface area (Å²) in [4.78, 5) is 3.66. The van der Waals surface area contributed by atoms with Crippen molar-refractivity contribution in [3.8, 4) is 11.5 Å². The van der Waals surface area contributed by atoms with Crippen molar-refractivity contribution >= 4 is 33.5 Å². The predicted molar refractivity (Wildman–Crippen MR) is 127 cm³/mol. The van der Waals surface area contributed by atoms with Crippen LogP contribution in [-0.4, -0.2) is 6.79 Å². The van der Waals surface area contributed by atoms with Crippen LogP contribution in [0.5, 0.6) is 11.5 Å². The minimum Gasteiger partial charge on any atom is -0.457 e. The fourth-order valence-corrected chi connectivity index (χ4v) is 5.65. The maximum absolute atomic E-state index is 6.09. The number of ether oxygens (including phenoxy) is 2. The third-order valence-corrected chi connectivity index (χ3v) is 7.20. The van der Waals surface area contributed by atoms with Crippen LogP contribution in [0, 0.1) is 3.57 Å². The molecule has 0 aliphatic heterocycles. The van der Waals surface area contributed by atoms with Gasteiger partial charge in [0.25, 0.3) is 0 Å². The first-order valence-electron chi connectivity index (χ1n) is 9.26. The van der Waals surface area contributed by atoms with Crippen molar-refractivity contribution in [1.29, 1.82) is 0 Å². The molecule has 0 radical (unpaired) electrons. The van der Waals surface area contributed by atoms with E-state index in [9.17, 15) is 0 Å². The van der Waals surface area contributed by atoms with Gasteiger partial charge >= 0.3 is 0 Å². The highest BCUT2D eigenvalue weighted by Gasteiger charge is 2.31. The molecule has 144 valence electrons. The molecule has 0 saturated carbocycles. The lowest BCUT2D eigenvalue weighted by molar-refractivity contribution is 0.117. The molecular weight excluding hydrogens is 491 g/mol. The summed E-state index contributed by atoms with van der Waals surface area (Å²) in [6, 6.07) is 37.3. The Morgan fingerprint density at radius 2 is 1.24 bits per heavy atom. The molecule has 0 bridgehead atoms. The molecule has 0 spiro atoms. The Labute approximate surface area is 188 Å². The molecule has 4 rings (SSSR count). The van der Waals surface area contributed by atoms with Crippen molar-refractivity contribution in [3.05, 3.63) is 113 Å². The molecular formula is C25H20IO2S+. The van der Waals surface area contributed by atoms with E-state index < -0.39 is 0 Å².